The highest BCUT2D eigenvalue weighted by atomic mass is 16.5. The molecule has 4 heteroatoms. The van der Waals surface area contributed by atoms with Crippen molar-refractivity contribution in [1.29, 1.82) is 5.26 Å². The third-order valence-corrected chi connectivity index (χ3v) is 4.35. The van der Waals surface area contributed by atoms with Crippen molar-refractivity contribution >= 4 is 5.69 Å². The molecule has 2 fully saturated rings. The molecule has 0 aromatic heterocycles. The van der Waals surface area contributed by atoms with E-state index in [1.165, 1.54) is 12.8 Å². The summed E-state index contributed by atoms with van der Waals surface area (Å²) in [5, 5.41) is 12.8. The van der Waals surface area contributed by atoms with Gasteiger partial charge in [0.25, 0.3) is 0 Å². The van der Waals surface area contributed by atoms with Crippen molar-refractivity contribution in [2.24, 2.45) is 0 Å². The molecule has 2 aliphatic rings. The number of hydrogen-bond donors (Lipinski definition) is 1. The summed E-state index contributed by atoms with van der Waals surface area (Å²) in [5.74, 6) is 0.751. The van der Waals surface area contributed by atoms with Gasteiger partial charge in [-0.15, -0.1) is 0 Å². The summed E-state index contributed by atoms with van der Waals surface area (Å²) in [6.45, 7) is 3.36. The number of likely N-dealkylation sites (tertiary alicyclic amines) is 1. The Morgan fingerprint density at radius 2 is 2.20 bits per heavy atom. The molecule has 1 saturated carbocycles. The Bertz CT molecular complexity index is 533. The molecule has 1 aromatic rings. The van der Waals surface area contributed by atoms with Gasteiger partial charge in [-0.25, -0.2) is 0 Å². The minimum absolute atomic E-state index is 0.397. The van der Waals surface area contributed by atoms with Crippen LogP contribution in [0.2, 0.25) is 0 Å². The van der Waals surface area contributed by atoms with Crippen LogP contribution < -0.4 is 10.1 Å². The van der Waals surface area contributed by atoms with Gasteiger partial charge in [-0.3, -0.25) is 4.90 Å². The molecule has 1 heterocycles. The van der Waals surface area contributed by atoms with Gasteiger partial charge in [-0.2, -0.15) is 5.26 Å². The number of benzene rings is 1. The molecule has 0 radical (unpaired) electrons. The van der Waals surface area contributed by atoms with Gasteiger partial charge in [0.05, 0.1) is 18.4 Å². The lowest BCUT2D eigenvalue weighted by molar-refractivity contribution is 0.257. The zero-order valence-corrected chi connectivity index (χ0v) is 12.1. The van der Waals surface area contributed by atoms with Crippen molar-refractivity contribution in [2.75, 3.05) is 19.0 Å². The van der Waals surface area contributed by atoms with Gasteiger partial charge in [0, 0.05) is 24.7 Å². The van der Waals surface area contributed by atoms with Crippen LogP contribution in [-0.4, -0.2) is 36.7 Å². The zero-order chi connectivity index (χ0) is 14.1. The largest absolute Gasteiger partial charge is 0.495 e. The second-order valence-corrected chi connectivity index (χ2v) is 5.85. The fourth-order valence-corrected chi connectivity index (χ4v) is 3.22. The Morgan fingerprint density at radius 3 is 2.85 bits per heavy atom. The molecular weight excluding hydrogens is 250 g/mol. The van der Waals surface area contributed by atoms with Gasteiger partial charge < -0.3 is 10.1 Å². The maximum Gasteiger partial charge on any atom is 0.143 e. The van der Waals surface area contributed by atoms with Crippen LogP contribution in [0, 0.1) is 11.3 Å². The average molecular weight is 271 g/mol. The normalized spacial score (nSPS) is 26.2. The average Bonchev–Trinajstić information content (AvgIpc) is 3.23. The first-order valence-electron chi connectivity index (χ1n) is 7.32. The Labute approximate surface area is 120 Å². The topological polar surface area (TPSA) is 48.3 Å². The Hall–Kier alpha value is -1.73. The minimum Gasteiger partial charge on any atom is -0.495 e. The van der Waals surface area contributed by atoms with Crippen LogP contribution in [0.5, 0.6) is 5.75 Å². The fraction of sp³-hybridized carbons (Fsp3) is 0.562. The first kappa shape index (κ1) is 13.3. The van der Waals surface area contributed by atoms with Crippen LogP contribution >= 0.6 is 0 Å². The van der Waals surface area contributed by atoms with Crippen molar-refractivity contribution in [1.82, 2.24) is 4.90 Å². The smallest absolute Gasteiger partial charge is 0.143 e. The highest BCUT2D eigenvalue weighted by Crippen LogP contribution is 2.36. The van der Waals surface area contributed by atoms with Gasteiger partial charge >= 0.3 is 0 Å². The molecule has 2 atom stereocenters. The SMILES string of the molecule is COc1cccc(C#N)c1NC1CC(C)N(C2CC2)C1. The number of para-hydroxylation sites is 1. The van der Waals surface area contributed by atoms with Gasteiger partial charge in [0.15, 0.2) is 0 Å². The first-order chi connectivity index (χ1) is 9.72. The Morgan fingerprint density at radius 1 is 1.40 bits per heavy atom. The van der Waals surface area contributed by atoms with E-state index < -0.39 is 0 Å². The monoisotopic (exact) mass is 271 g/mol. The molecule has 0 bridgehead atoms. The summed E-state index contributed by atoms with van der Waals surface area (Å²) >= 11 is 0. The van der Waals surface area contributed by atoms with Crippen molar-refractivity contribution in [2.45, 2.75) is 44.3 Å². The lowest BCUT2D eigenvalue weighted by Crippen LogP contribution is -2.31. The number of nitrogens with zero attached hydrogens (tertiary/aromatic N) is 2. The Kier molecular flexibility index (Phi) is 3.54. The van der Waals surface area contributed by atoms with E-state index in [0.717, 1.165) is 30.4 Å². The molecular formula is C16H21N3O. The van der Waals surface area contributed by atoms with Crippen LogP contribution in [0.25, 0.3) is 0 Å². The van der Waals surface area contributed by atoms with Crippen molar-refractivity contribution in [3.63, 3.8) is 0 Å². The van der Waals surface area contributed by atoms with Crippen molar-refractivity contribution < 1.29 is 4.74 Å². The lowest BCUT2D eigenvalue weighted by atomic mass is 10.1. The molecule has 1 N–H and O–H groups in total. The molecule has 20 heavy (non-hydrogen) atoms. The highest BCUT2D eigenvalue weighted by molar-refractivity contribution is 5.66. The van der Waals surface area contributed by atoms with Crippen LogP contribution in [0.4, 0.5) is 5.69 Å². The van der Waals surface area contributed by atoms with Crippen molar-refractivity contribution in [3.8, 4) is 11.8 Å². The molecule has 2 unspecified atom stereocenters. The molecule has 1 aliphatic carbocycles. The highest BCUT2D eigenvalue weighted by Gasteiger charge is 2.38. The second kappa shape index (κ2) is 5.34. The summed E-state index contributed by atoms with van der Waals surface area (Å²) in [6, 6.07) is 9.66. The number of anilines is 1. The predicted molar refractivity (Wildman–Crippen MR) is 78.9 cm³/mol. The predicted octanol–water partition coefficient (Wildman–Crippen LogP) is 2.60. The van der Waals surface area contributed by atoms with Gasteiger partial charge in [0.1, 0.15) is 11.8 Å². The number of ether oxygens (including phenoxy) is 1. The molecule has 1 aliphatic heterocycles. The fourth-order valence-electron chi connectivity index (χ4n) is 3.22. The standard InChI is InChI=1S/C16H21N3O/c1-11-8-13(10-19(11)14-6-7-14)18-16-12(9-17)4-3-5-15(16)20-2/h3-5,11,13-14,18H,6-8,10H2,1-2H3. The summed E-state index contributed by atoms with van der Waals surface area (Å²) in [5.41, 5.74) is 1.49. The van der Waals surface area contributed by atoms with Gasteiger partial charge in [0.2, 0.25) is 0 Å². The van der Waals surface area contributed by atoms with E-state index in [4.69, 9.17) is 4.74 Å². The van der Waals surface area contributed by atoms with E-state index in [1.807, 2.05) is 18.2 Å². The number of methoxy groups -OCH3 is 1. The molecule has 1 aromatic carbocycles. The lowest BCUT2D eigenvalue weighted by Gasteiger charge is -2.20. The number of nitrogens with one attached hydrogen (secondary N) is 1. The van der Waals surface area contributed by atoms with E-state index in [0.29, 0.717) is 17.6 Å². The minimum atomic E-state index is 0.397. The van der Waals surface area contributed by atoms with E-state index in [-0.39, 0.29) is 0 Å². The molecule has 0 spiro atoms. The van der Waals surface area contributed by atoms with Gasteiger partial charge in [-0.1, -0.05) is 6.07 Å². The summed E-state index contributed by atoms with van der Waals surface area (Å²) in [7, 11) is 1.65. The second-order valence-electron chi connectivity index (χ2n) is 5.85. The Balaban J connectivity index is 1.76. The maximum absolute atomic E-state index is 9.26. The van der Waals surface area contributed by atoms with Crippen molar-refractivity contribution in [3.05, 3.63) is 23.8 Å². The quantitative estimate of drug-likeness (QED) is 0.914. The van der Waals surface area contributed by atoms with Crippen LogP contribution in [0.1, 0.15) is 31.7 Å². The van der Waals surface area contributed by atoms with Crippen LogP contribution in [0.3, 0.4) is 0 Å². The third-order valence-electron chi connectivity index (χ3n) is 4.35. The molecule has 3 rings (SSSR count). The molecule has 4 nitrogen and oxygen atoms in total. The number of rotatable bonds is 4. The molecule has 1 saturated heterocycles. The van der Waals surface area contributed by atoms with E-state index in [9.17, 15) is 5.26 Å². The first-order valence-corrected chi connectivity index (χ1v) is 7.32. The number of nitriles is 1. The van der Waals surface area contributed by atoms with E-state index >= 15 is 0 Å². The van der Waals surface area contributed by atoms with Gasteiger partial charge in [-0.05, 0) is 38.3 Å². The van der Waals surface area contributed by atoms with Crippen LogP contribution in [0.15, 0.2) is 18.2 Å². The zero-order valence-electron chi connectivity index (χ0n) is 12.1. The summed E-state index contributed by atoms with van der Waals surface area (Å²) in [4.78, 5) is 2.60. The molecule has 0 amide bonds. The summed E-state index contributed by atoms with van der Waals surface area (Å²) < 4.78 is 5.38. The summed E-state index contributed by atoms with van der Waals surface area (Å²) in [6.07, 6.45) is 3.81. The molecule has 106 valence electrons. The number of hydrogen-bond acceptors (Lipinski definition) is 4. The van der Waals surface area contributed by atoms with Crippen LogP contribution in [-0.2, 0) is 0 Å². The van der Waals surface area contributed by atoms with E-state index in [2.05, 4.69) is 23.2 Å². The maximum atomic E-state index is 9.26. The third kappa shape index (κ3) is 2.46. The van der Waals surface area contributed by atoms with E-state index in [1.54, 1.807) is 7.11 Å².